The predicted octanol–water partition coefficient (Wildman–Crippen LogP) is 7.27. The SMILES string of the molecule is O=C(OCC(F)(F)F)C1C2CC(C1C(=O)OCC(F)(F)F)C(S(=O)(=O)[O-])C2.O=S(=O)(c1ccc([S+](c2ccccc2)c2ccccc2)cc1)C1CCCCC1. The molecule has 55 heavy (non-hydrogen) atoms. The summed E-state index contributed by atoms with van der Waals surface area (Å²) < 4.78 is 141. The highest BCUT2D eigenvalue weighted by atomic mass is 32.2. The molecule has 18 heteroatoms. The molecule has 0 heterocycles. The normalized spacial score (nSPS) is 23.2. The Bertz CT molecular complexity index is 1950. The van der Waals surface area contributed by atoms with Gasteiger partial charge in [-0.15, -0.1) is 0 Å². The number of hydrogen-bond acceptors (Lipinski definition) is 9. The zero-order valence-electron chi connectivity index (χ0n) is 29.1. The van der Waals surface area contributed by atoms with E-state index in [1.165, 1.54) is 9.79 Å². The number of benzene rings is 3. The first kappa shape index (κ1) is 42.5. The van der Waals surface area contributed by atoms with Crippen molar-refractivity contribution in [3.8, 4) is 0 Å². The summed E-state index contributed by atoms with van der Waals surface area (Å²) in [6, 6.07) is 28.5. The van der Waals surface area contributed by atoms with E-state index in [1.54, 1.807) is 0 Å². The molecule has 3 aliphatic rings. The zero-order chi connectivity index (χ0) is 40.2. The summed E-state index contributed by atoms with van der Waals surface area (Å²) in [5.74, 6) is -8.86. The maximum absolute atomic E-state index is 13.0. The van der Waals surface area contributed by atoms with Gasteiger partial charge < -0.3 is 14.0 Å². The van der Waals surface area contributed by atoms with E-state index in [4.69, 9.17) is 0 Å². The molecule has 5 unspecified atom stereocenters. The predicted molar refractivity (Wildman–Crippen MR) is 186 cm³/mol. The molecule has 0 radical (unpaired) electrons. The van der Waals surface area contributed by atoms with Gasteiger partial charge in [0.15, 0.2) is 37.7 Å². The van der Waals surface area contributed by atoms with Crippen molar-refractivity contribution in [3.05, 3.63) is 84.9 Å². The molecule has 0 aromatic heterocycles. The summed E-state index contributed by atoms with van der Waals surface area (Å²) in [5.41, 5.74) is 0. The van der Waals surface area contributed by atoms with Crippen LogP contribution in [0.5, 0.6) is 0 Å². The molecule has 6 rings (SSSR count). The van der Waals surface area contributed by atoms with Crippen molar-refractivity contribution in [2.45, 2.75) is 87.4 Å². The van der Waals surface area contributed by atoms with Crippen LogP contribution in [-0.2, 0) is 49.9 Å². The van der Waals surface area contributed by atoms with Crippen molar-refractivity contribution in [1.29, 1.82) is 0 Å². The van der Waals surface area contributed by atoms with Gasteiger partial charge in [0, 0.05) is 0 Å². The lowest BCUT2D eigenvalue weighted by molar-refractivity contribution is -0.198. The number of sulfone groups is 1. The zero-order valence-corrected chi connectivity index (χ0v) is 31.5. The number of ether oxygens (including phenoxy) is 2. The third-order valence-electron chi connectivity index (χ3n) is 9.95. The molecule has 3 saturated carbocycles. The third kappa shape index (κ3) is 10.8. The molecule has 0 saturated heterocycles. The molecular weight excluding hydrogens is 799 g/mol. The molecule has 0 N–H and O–H groups in total. The maximum Gasteiger partial charge on any atom is 0.422 e. The van der Waals surface area contributed by atoms with Gasteiger partial charge in [0.05, 0.1) is 48.2 Å². The lowest BCUT2D eigenvalue weighted by atomic mass is 9.79. The Morgan fingerprint density at radius 3 is 1.56 bits per heavy atom. The van der Waals surface area contributed by atoms with Crippen LogP contribution in [0.25, 0.3) is 0 Å². The molecule has 3 fully saturated rings. The van der Waals surface area contributed by atoms with Gasteiger partial charge in [0.25, 0.3) is 0 Å². The van der Waals surface area contributed by atoms with E-state index in [0.717, 1.165) is 37.0 Å². The highest BCUT2D eigenvalue weighted by molar-refractivity contribution is 7.97. The Hall–Kier alpha value is -3.61. The second kappa shape index (κ2) is 17.3. The van der Waals surface area contributed by atoms with E-state index in [-0.39, 0.29) is 22.6 Å². The van der Waals surface area contributed by atoms with Crippen LogP contribution in [0.15, 0.2) is 105 Å². The monoisotopic (exact) mass is 836 g/mol. The van der Waals surface area contributed by atoms with Crippen LogP contribution >= 0.6 is 0 Å². The first-order valence-corrected chi connectivity index (χ1v) is 21.6. The number of rotatable bonds is 10. The van der Waals surface area contributed by atoms with Gasteiger partial charge in [-0.2, -0.15) is 26.3 Å². The molecule has 3 aromatic carbocycles. The second-order valence-electron chi connectivity index (χ2n) is 13.6. The summed E-state index contributed by atoms with van der Waals surface area (Å²) in [5, 5.41) is -1.86. The lowest BCUT2D eigenvalue weighted by Crippen LogP contribution is -2.45. The van der Waals surface area contributed by atoms with Gasteiger partial charge >= 0.3 is 24.3 Å². The maximum atomic E-state index is 13.0. The fourth-order valence-corrected chi connectivity index (χ4v) is 12.8. The fraction of sp³-hybridized carbons (Fsp3) is 0.459. The molecule has 2 bridgehead atoms. The minimum atomic E-state index is -4.94. The van der Waals surface area contributed by atoms with Crippen LogP contribution in [0.1, 0.15) is 44.9 Å². The highest BCUT2D eigenvalue weighted by Gasteiger charge is 2.61. The summed E-state index contributed by atoms with van der Waals surface area (Å²) in [6.45, 7) is -4.01. The van der Waals surface area contributed by atoms with Gasteiger partial charge in [0.1, 0.15) is 0 Å². The van der Waals surface area contributed by atoms with E-state index in [0.29, 0.717) is 4.90 Å². The molecule has 0 aliphatic heterocycles. The highest BCUT2D eigenvalue weighted by Crippen LogP contribution is 2.55. The average Bonchev–Trinajstić information content (AvgIpc) is 3.75. The van der Waals surface area contributed by atoms with Gasteiger partial charge in [-0.1, -0.05) is 55.7 Å². The van der Waals surface area contributed by atoms with E-state index in [1.807, 2.05) is 36.4 Å². The molecule has 3 aliphatic carbocycles. The fourth-order valence-electron chi connectivity index (χ4n) is 7.65. The lowest BCUT2D eigenvalue weighted by Gasteiger charge is -2.34. The number of halogens is 6. The number of carbonyl (C=O) groups is 2. The summed E-state index contributed by atoms with van der Waals surface area (Å²) in [7, 11) is -8.42. The minimum Gasteiger partial charge on any atom is -0.748 e. The number of esters is 2. The third-order valence-corrected chi connectivity index (χ3v) is 15.7. The van der Waals surface area contributed by atoms with Crippen LogP contribution in [0.2, 0.25) is 0 Å². The van der Waals surface area contributed by atoms with Gasteiger partial charge in [0.2, 0.25) is 0 Å². The molecule has 3 aromatic rings. The van der Waals surface area contributed by atoms with Crippen molar-refractivity contribution in [3.63, 3.8) is 0 Å². The van der Waals surface area contributed by atoms with Crippen LogP contribution < -0.4 is 0 Å². The summed E-state index contributed by atoms with van der Waals surface area (Å²) in [6.07, 6.45) is -5.60. The first-order valence-electron chi connectivity index (χ1n) is 17.4. The Balaban J connectivity index is 0.000000211. The Kier molecular flexibility index (Phi) is 13.3. The molecule has 0 spiro atoms. The van der Waals surface area contributed by atoms with Crippen molar-refractivity contribution >= 4 is 42.8 Å². The standard InChI is InChI=1S/C24H25O2S2.C13H14F6O7S/c25-28(26,23-14-8-3-9-15-23)24-18-16-22(17-19-24)27(20-10-4-1-5-11-20)21-12-6-2-7-13-21;14-12(15,16)3-25-10(20)8-5-1-6(7(2-5)27(22,23)24)9(8)11(21)26-4-13(17,18)19/h1-2,4-7,10-13,16-19,23H,3,8-9,14-15H2;5-9H,1-4H2,(H,22,23,24)/q+1;/p-1. The number of hydrogen-bond donors (Lipinski definition) is 0. The quantitative estimate of drug-likeness (QED) is 0.0892. The van der Waals surface area contributed by atoms with E-state index >= 15 is 0 Å². The van der Waals surface area contributed by atoms with Crippen LogP contribution in [0, 0.1) is 23.7 Å². The smallest absolute Gasteiger partial charge is 0.422 e. The van der Waals surface area contributed by atoms with Gasteiger partial charge in [-0.05, 0) is 86.1 Å². The summed E-state index contributed by atoms with van der Waals surface area (Å²) >= 11 is 0. The molecule has 300 valence electrons. The Morgan fingerprint density at radius 2 is 1.11 bits per heavy atom. The average molecular weight is 837 g/mol. The van der Waals surface area contributed by atoms with Crippen molar-refractivity contribution in [1.82, 2.24) is 0 Å². The second-order valence-corrected chi connectivity index (χ2v) is 19.5. The number of alkyl halides is 6. The topological polar surface area (TPSA) is 144 Å². The van der Waals surface area contributed by atoms with Crippen LogP contribution in [0.3, 0.4) is 0 Å². The molecule has 9 nitrogen and oxygen atoms in total. The summed E-state index contributed by atoms with van der Waals surface area (Å²) in [4.78, 5) is 28.1. The minimum absolute atomic E-state index is 0.205. The Labute approximate surface area is 317 Å². The van der Waals surface area contributed by atoms with Crippen molar-refractivity contribution in [2.24, 2.45) is 23.7 Å². The van der Waals surface area contributed by atoms with Gasteiger partial charge in [-0.3, -0.25) is 9.59 Å². The van der Waals surface area contributed by atoms with E-state index in [9.17, 15) is 57.3 Å². The number of fused-ring (bicyclic) bond motifs is 2. The van der Waals surface area contributed by atoms with Crippen LogP contribution in [-0.4, -0.2) is 69.4 Å². The van der Waals surface area contributed by atoms with E-state index < -0.39 is 92.8 Å². The van der Waals surface area contributed by atoms with Gasteiger partial charge in [-0.25, -0.2) is 16.8 Å². The van der Waals surface area contributed by atoms with Crippen LogP contribution in [0.4, 0.5) is 26.3 Å². The Morgan fingerprint density at radius 1 is 0.655 bits per heavy atom. The van der Waals surface area contributed by atoms with E-state index in [2.05, 4.69) is 58.0 Å². The molecule has 5 atom stereocenters. The first-order chi connectivity index (χ1) is 25.8. The van der Waals surface area contributed by atoms with Crippen molar-refractivity contribution in [2.75, 3.05) is 13.2 Å². The van der Waals surface area contributed by atoms with Crippen molar-refractivity contribution < 1.29 is 66.8 Å². The molecule has 0 amide bonds. The molecular formula is C37H38F6O9S3. The number of carbonyl (C=O) groups excluding carboxylic acids is 2. The largest absolute Gasteiger partial charge is 0.748 e.